The third kappa shape index (κ3) is 4.84. The van der Waals surface area contributed by atoms with Crippen molar-refractivity contribution in [3.63, 3.8) is 0 Å². The highest BCUT2D eigenvalue weighted by atomic mass is 32.1. The van der Waals surface area contributed by atoms with Crippen LogP contribution in [0.3, 0.4) is 0 Å². The molecular weight excluding hydrogens is 384 g/mol. The molecule has 142 valence electrons. The predicted octanol–water partition coefficient (Wildman–Crippen LogP) is 6.72. The molecule has 0 saturated heterocycles. The van der Waals surface area contributed by atoms with Gasteiger partial charge in [-0.25, -0.2) is 8.78 Å². The maximum Gasteiger partial charge on any atom is 0.150 e. The molecule has 1 nitrogen and oxygen atoms in total. The summed E-state index contributed by atoms with van der Waals surface area (Å²) in [5.74, 6) is 5.91. The van der Waals surface area contributed by atoms with Gasteiger partial charge in [-0.1, -0.05) is 36.1 Å². The van der Waals surface area contributed by atoms with Gasteiger partial charge in [0, 0.05) is 22.8 Å². The minimum atomic E-state index is -0.646. The highest BCUT2D eigenvalue weighted by Crippen LogP contribution is 2.32. The van der Waals surface area contributed by atoms with Gasteiger partial charge in [-0.3, -0.25) is 0 Å². The van der Waals surface area contributed by atoms with E-state index in [0.717, 1.165) is 35.6 Å². The summed E-state index contributed by atoms with van der Waals surface area (Å²) in [4.78, 5) is 3.52. The minimum Gasteiger partial charge on any atom is -0.206 e. The summed E-state index contributed by atoms with van der Waals surface area (Å²) in [5.41, 5.74) is 3.69. The van der Waals surface area contributed by atoms with Gasteiger partial charge >= 0.3 is 0 Å². The SMILES string of the molecule is Fc1cc(-c2ccc(C#Cc3ccc(CC4CC4)cc3)cc2)c(F)cc1N=C=S. The molecule has 0 N–H and O–H groups in total. The fourth-order valence-corrected chi connectivity index (χ4v) is 3.25. The first kappa shape index (κ1) is 19.2. The lowest BCUT2D eigenvalue weighted by atomic mass is 10.0. The summed E-state index contributed by atoms with van der Waals surface area (Å²) in [6, 6.07) is 17.5. The molecule has 29 heavy (non-hydrogen) atoms. The highest BCUT2D eigenvalue weighted by molar-refractivity contribution is 7.78. The lowest BCUT2D eigenvalue weighted by molar-refractivity contribution is 0.605. The topological polar surface area (TPSA) is 12.4 Å². The third-order valence-corrected chi connectivity index (χ3v) is 5.02. The van der Waals surface area contributed by atoms with Gasteiger partial charge in [-0.05, 0) is 78.9 Å². The van der Waals surface area contributed by atoms with Crippen molar-refractivity contribution in [3.8, 4) is 23.0 Å². The first-order valence-corrected chi connectivity index (χ1v) is 9.81. The van der Waals surface area contributed by atoms with Crippen molar-refractivity contribution in [1.82, 2.24) is 0 Å². The zero-order valence-corrected chi connectivity index (χ0v) is 16.4. The Morgan fingerprint density at radius 3 is 2.07 bits per heavy atom. The molecule has 3 aromatic rings. The molecule has 0 aliphatic heterocycles. The molecule has 1 fully saturated rings. The van der Waals surface area contributed by atoms with Crippen molar-refractivity contribution in [3.05, 3.63) is 89.0 Å². The van der Waals surface area contributed by atoms with Crippen molar-refractivity contribution >= 4 is 23.1 Å². The molecule has 0 heterocycles. The van der Waals surface area contributed by atoms with Crippen molar-refractivity contribution in [2.75, 3.05) is 0 Å². The Kier molecular flexibility index (Phi) is 5.62. The smallest absolute Gasteiger partial charge is 0.150 e. The average molecular weight is 401 g/mol. The number of hydrogen-bond acceptors (Lipinski definition) is 2. The largest absolute Gasteiger partial charge is 0.206 e. The van der Waals surface area contributed by atoms with Crippen molar-refractivity contribution in [2.24, 2.45) is 10.9 Å². The van der Waals surface area contributed by atoms with Crippen LogP contribution < -0.4 is 0 Å². The number of hydrogen-bond donors (Lipinski definition) is 0. The Hall–Kier alpha value is -3.12. The normalized spacial score (nSPS) is 12.6. The molecule has 4 heteroatoms. The molecule has 1 aliphatic carbocycles. The predicted molar refractivity (Wildman–Crippen MR) is 115 cm³/mol. The minimum absolute atomic E-state index is 0.160. The molecule has 4 rings (SSSR count). The quantitative estimate of drug-likeness (QED) is 0.269. The summed E-state index contributed by atoms with van der Waals surface area (Å²) in [6.45, 7) is 0. The van der Waals surface area contributed by atoms with E-state index >= 15 is 0 Å². The van der Waals surface area contributed by atoms with Crippen LogP contribution in [0.2, 0.25) is 0 Å². The number of isothiocyanates is 1. The molecular formula is C25H17F2NS. The molecule has 1 saturated carbocycles. The van der Waals surface area contributed by atoms with E-state index < -0.39 is 11.6 Å². The van der Waals surface area contributed by atoms with E-state index in [1.165, 1.54) is 18.4 Å². The molecule has 1 aliphatic rings. The lowest BCUT2D eigenvalue weighted by Crippen LogP contribution is -1.88. The monoisotopic (exact) mass is 401 g/mol. The molecule has 3 aromatic carbocycles. The number of thiocarbonyl (C=S) groups is 1. The standard InChI is InChI=1S/C25H17F2NS/c26-23-15-25(28-16-29)24(27)14-22(23)21-11-9-18(10-12-21)2-1-17-3-5-19(6-4-17)13-20-7-8-20/h3-6,9-12,14-15,20H,7-8,13H2. The van der Waals surface area contributed by atoms with E-state index in [1.54, 1.807) is 24.3 Å². The Labute approximate surface area is 174 Å². The van der Waals surface area contributed by atoms with E-state index in [0.29, 0.717) is 5.56 Å². The second kappa shape index (κ2) is 8.49. The fraction of sp³-hybridized carbons (Fsp3) is 0.160. The first-order valence-electron chi connectivity index (χ1n) is 9.41. The maximum absolute atomic E-state index is 14.3. The Balaban J connectivity index is 1.50. The van der Waals surface area contributed by atoms with Crippen LogP contribution in [0.25, 0.3) is 11.1 Å². The summed E-state index contributed by atoms with van der Waals surface area (Å²) in [5, 5.41) is 2.05. The van der Waals surface area contributed by atoms with E-state index in [2.05, 4.69) is 41.2 Å². The van der Waals surface area contributed by atoms with Gasteiger partial charge in [-0.2, -0.15) is 4.99 Å². The lowest BCUT2D eigenvalue weighted by Gasteiger charge is -2.05. The number of rotatable bonds is 4. The van der Waals surface area contributed by atoms with Gasteiger partial charge in [0.05, 0.1) is 5.16 Å². The van der Waals surface area contributed by atoms with E-state index in [4.69, 9.17) is 0 Å². The summed E-state index contributed by atoms with van der Waals surface area (Å²) in [6.07, 6.45) is 3.85. The molecule has 0 atom stereocenters. The van der Waals surface area contributed by atoms with Crippen LogP contribution in [0.4, 0.5) is 14.5 Å². The Bertz CT molecular complexity index is 1140. The molecule has 0 aromatic heterocycles. The summed E-state index contributed by atoms with van der Waals surface area (Å²) >= 11 is 4.44. The Morgan fingerprint density at radius 2 is 1.48 bits per heavy atom. The number of aliphatic imine (C=N–C) groups is 1. The first-order chi connectivity index (χ1) is 14.1. The highest BCUT2D eigenvalue weighted by Gasteiger charge is 2.21. The summed E-state index contributed by atoms with van der Waals surface area (Å²) < 4.78 is 28.3. The van der Waals surface area contributed by atoms with Crippen LogP contribution in [-0.2, 0) is 6.42 Å². The molecule has 0 unspecified atom stereocenters. The fourth-order valence-electron chi connectivity index (χ4n) is 3.15. The average Bonchev–Trinajstić information content (AvgIpc) is 3.55. The van der Waals surface area contributed by atoms with Crippen molar-refractivity contribution < 1.29 is 8.78 Å². The van der Waals surface area contributed by atoms with Crippen molar-refractivity contribution in [2.45, 2.75) is 19.3 Å². The van der Waals surface area contributed by atoms with Gasteiger partial charge < -0.3 is 0 Å². The molecule has 0 spiro atoms. The Morgan fingerprint density at radius 1 is 0.862 bits per heavy atom. The van der Waals surface area contributed by atoms with E-state index in [-0.39, 0.29) is 11.3 Å². The zero-order valence-electron chi connectivity index (χ0n) is 15.6. The third-order valence-electron chi connectivity index (χ3n) is 4.92. The second-order valence-electron chi connectivity index (χ2n) is 7.16. The summed E-state index contributed by atoms with van der Waals surface area (Å²) in [7, 11) is 0. The van der Waals surface area contributed by atoms with Gasteiger partial charge in [-0.15, -0.1) is 0 Å². The van der Waals surface area contributed by atoms with Crippen molar-refractivity contribution in [1.29, 1.82) is 0 Å². The van der Waals surface area contributed by atoms with E-state index in [9.17, 15) is 8.78 Å². The van der Waals surface area contributed by atoms with Crippen LogP contribution in [-0.4, -0.2) is 5.16 Å². The van der Waals surface area contributed by atoms with Crippen LogP contribution in [0.15, 0.2) is 65.7 Å². The van der Waals surface area contributed by atoms with E-state index in [1.807, 2.05) is 17.3 Å². The van der Waals surface area contributed by atoms with Crippen LogP contribution in [0, 0.1) is 29.4 Å². The number of halogens is 2. The molecule has 0 radical (unpaired) electrons. The number of nitrogens with zero attached hydrogens (tertiary/aromatic N) is 1. The van der Waals surface area contributed by atoms with Crippen LogP contribution >= 0.6 is 12.2 Å². The molecule has 0 amide bonds. The molecule has 0 bridgehead atoms. The zero-order chi connectivity index (χ0) is 20.2. The van der Waals surface area contributed by atoms with Gasteiger partial charge in [0.15, 0.2) is 0 Å². The number of benzene rings is 3. The second-order valence-corrected chi connectivity index (χ2v) is 7.34. The van der Waals surface area contributed by atoms with Gasteiger partial charge in [0.1, 0.15) is 17.3 Å². The van der Waals surface area contributed by atoms with Crippen LogP contribution in [0.5, 0.6) is 0 Å². The van der Waals surface area contributed by atoms with Gasteiger partial charge in [0.25, 0.3) is 0 Å². The van der Waals surface area contributed by atoms with Gasteiger partial charge in [0.2, 0.25) is 0 Å². The maximum atomic E-state index is 14.3. The van der Waals surface area contributed by atoms with Crippen LogP contribution in [0.1, 0.15) is 29.5 Å².